The Morgan fingerprint density at radius 2 is 1.81 bits per heavy atom. The number of para-hydroxylation sites is 2. The van der Waals surface area contributed by atoms with Gasteiger partial charge >= 0.3 is 6.09 Å². The molecular weight excluding hydrogens is 272 g/mol. The van der Waals surface area contributed by atoms with E-state index in [1.54, 1.807) is 18.2 Å². The molecule has 0 aliphatic heterocycles. The summed E-state index contributed by atoms with van der Waals surface area (Å²) in [5, 5.41) is 2.72. The van der Waals surface area contributed by atoms with Crippen LogP contribution in [0.25, 0.3) is 0 Å². The van der Waals surface area contributed by atoms with Crippen LogP contribution >= 0.6 is 0 Å². The van der Waals surface area contributed by atoms with Crippen LogP contribution in [0.1, 0.15) is 20.8 Å². The van der Waals surface area contributed by atoms with Crippen LogP contribution in [0.5, 0.6) is 11.5 Å². The van der Waals surface area contributed by atoms with E-state index in [0.29, 0.717) is 37.9 Å². The highest BCUT2D eigenvalue weighted by Gasteiger charge is 2.16. The van der Waals surface area contributed by atoms with Crippen LogP contribution in [0.15, 0.2) is 24.3 Å². The summed E-state index contributed by atoms with van der Waals surface area (Å²) >= 11 is 0. The summed E-state index contributed by atoms with van der Waals surface area (Å²) in [6.07, 6.45) is -0.516. The number of hydrogen-bond donors (Lipinski definition) is 2. The van der Waals surface area contributed by atoms with Crippen LogP contribution in [0.2, 0.25) is 0 Å². The number of amides is 1. The normalized spacial score (nSPS) is 11.0. The van der Waals surface area contributed by atoms with E-state index in [4.69, 9.17) is 19.9 Å². The molecule has 0 saturated heterocycles. The van der Waals surface area contributed by atoms with Crippen LogP contribution in [0.4, 0.5) is 4.79 Å². The molecule has 0 fully saturated rings. The highest BCUT2D eigenvalue weighted by atomic mass is 16.6. The van der Waals surface area contributed by atoms with Gasteiger partial charge in [-0.1, -0.05) is 12.1 Å². The number of nitrogens with two attached hydrogens (primary N) is 1. The lowest BCUT2D eigenvalue weighted by molar-refractivity contribution is 0.104. The third-order valence-electron chi connectivity index (χ3n) is 2.28. The molecule has 0 saturated carbocycles. The predicted molar refractivity (Wildman–Crippen MR) is 80.7 cm³/mol. The summed E-state index contributed by atoms with van der Waals surface area (Å²) in [6.45, 7) is 7.41. The quantitative estimate of drug-likeness (QED) is 0.751. The molecule has 0 radical (unpaired) electrons. The summed E-state index contributed by atoms with van der Waals surface area (Å²) in [5.74, 6) is 0.871. The van der Waals surface area contributed by atoms with Crippen molar-refractivity contribution in [1.82, 2.24) is 5.32 Å². The number of carbonyl (C=O) groups is 1. The van der Waals surface area contributed by atoms with Crippen molar-refractivity contribution >= 4 is 6.09 Å². The second kappa shape index (κ2) is 8.49. The number of benzene rings is 1. The Morgan fingerprint density at radius 3 is 2.43 bits per heavy atom. The van der Waals surface area contributed by atoms with E-state index in [0.717, 1.165) is 0 Å². The Labute approximate surface area is 125 Å². The monoisotopic (exact) mass is 296 g/mol. The topological polar surface area (TPSA) is 82.8 Å². The van der Waals surface area contributed by atoms with Gasteiger partial charge in [-0.25, -0.2) is 4.79 Å². The third-order valence-corrected chi connectivity index (χ3v) is 2.28. The predicted octanol–water partition coefficient (Wildman–Crippen LogP) is 1.93. The largest absolute Gasteiger partial charge is 0.487 e. The first-order chi connectivity index (χ1) is 9.92. The van der Waals surface area contributed by atoms with Gasteiger partial charge < -0.3 is 25.3 Å². The van der Waals surface area contributed by atoms with Gasteiger partial charge in [-0.3, -0.25) is 0 Å². The zero-order chi connectivity index (χ0) is 15.7. The van der Waals surface area contributed by atoms with Crippen molar-refractivity contribution in [1.29, 1.82) is 0 Å². The molecule has 1 amide bonds. The van der Waals surface area contributed by atoms with Gasteiger partial charge in [0.25, 0.3) is 0 Å². The average molecular weight is 296 g/mol. The summed E-state index contributed by atoms with van der Waals surface area (Å²) in [5.41, 5.74) is 4.96. The third kappa shape index (κ3) is 7.53. The molecule has 21 heavy (non-hydrogen) atoms. The smallest absolute Gasteiger partial charge is 0.413 e. The van der Waals surface area contributed by atoms with Crippen LogP contribution in [0.3, 0.4) is 0 Å². The van der Waals surface area contributed by atoms with Gasteiger partial charge in [-0.2, -0.15) is 0 Å². The molecule has 1 aromatic carbocycles. The lowest BCUT2D eigenvalue weighted by Crippen LogP contribution is -2.42. The molecular formula is C15H24N2O4. The fourth-order valence-corrected chi connectivity index (χ4v) is 1.48. The molecule has 0 aliphatic carbocycles. The maximum absolute atomic E-state index is 11.8. The van der Waals surface area contributed by atoms with E-state index in [2.05, 4.69) is 5.32 Å². The van der Waals surface area contributed by atoms with Gasteiger partial charge in [0.1, 0.15) is 6.61 Å². The SMILES string of the molecule is CC(C)(C)NC(=O)Oc1ccccc1OCCOCCN. The van der Waals surface area contributed by atoms with E-state index in [1.165, 1.54) is 0 Å². The van der Waals surface area contributed by atoms with Crippen LogP contribution in [-0.2, 0) is 4.74 Å². The number of carbonyl (C=O) groups excluding carboxylic acids is 1. The fraction of sp³-hybridized carbons (Fsp3) is 0.533. The van der Waals surface area contributed by atoms with E-state index in [1.807, 2.05) is 26.8 Å². The molecule has 1 rings (SSSR count). The van der Waals surface area contributed by atoms with Crippen molar-refractivity contribution in [2.24, 2.45) is 5.73 Å². The zero-order valence-electron chi connectivity index (χ0n) is 12.8. The Bertz CT molecular complexity index is 444. The number of hydrogen-bond acceptors (Lipinski definition) is 5. The Balaban J connectivity index is 2.52. The first kappa shape index (κ1) is 17.3. The van der Waals surface area contributed by atoms with Crippen LogP contribution in [0, 0.1) is 0 Å². The molecule has 0 aliphatic rings. The molecule has 6 heteroatoms. The lowest BCUT2D eigenvalue weighted by atomic mass is 10.1. The van der Waals surface area contributed by atoms with E-state index in [-0.39, 0.29) is 5.54 Å². The number of rotatable bonds is 7. The molecule has 6 nitrogen and oxygen atoms in total. The average Bonchev–Trinajstić information content (AvgIpc) is 2.38. The number of ether oxygens (including phenoxy) is 3. The van der Waals surface area contributed by atoms with Crippen molar-refractivity contribution < 1.29 is 19.0 Å². The summed E-state index contributed by atoms with van der Waals surface area (Å²) in [7, 11) is 0. The second-order valence-corrected chi connectivity index (χ2v) is 5.46. The lowest BCUT2D eigenvalue weighted by Gasteiger charge is -2.20. The molecule has 0 heterocycles. The molecule has 0 bridgehead atoms. The maximum atomic E-state index is 11.8. The fourth-order valence-electron chi connectivity index (χ4n) is 1.48. The van der Waals surface area contributed by atoms with Crippen LogP contribution < -0.4 is 20.5 Å². The first-order valence-corrected chi connectivity index (χ1v) is 6.92. The van der Waals surface area contributed by atoms with Crippen molar-refractivity contribution in [3.63, 3.8) is 0 Å². The van der Waals surface area contributed by atoms with Crippen molar-refractivity contribution in [2.45, 2.75) is 26.3 Å². The molecule has 3 N–H and O–H groups in total. The molecule has 1 aromatic rings. The molecule has 0 atom stereocenters. The minimum absolute atomic E-state index is 0.358. The highest BCUT2D eigenvalue weighted by Crippen LogP contribution is 2.26. The molecule has 0 aromatic heterocycles. The Morgan fingerprint density at radius 1 is 1.14 bits per heavy atom. The van der Waals surface area contributed by atoms with E-state index >= 15 is 0 Å². The Kier molecular flexibility index (Phi) is 6.98. The summed E-state index contributed by atoms with van der Waals surface area (Å²) < 4.78 is 16.0. The molecule has 118 valence electrons. The Hall–Kier alpha value is -1.79. The summed E-state index contributed by atoms with van der Waals surface area (Å²) in [6, 6.07) is 7.00. The minimum atomic E-state index is -0.516. The van der Waals surface area contributed by atoms with Gasteiger partial charge in [-0.15, -0.1) is 0 Å². The van der Waals surface area contributed by atoms with Gasteiger partial charge in [0.15, 0.2) is 11.5 Å². The van der Waals surface area contributed by atoms with Crippen LogP contribution in [-0.4, -0.2) is 38.0 Å². The second-order valence-electron chi connectivity index (χ2n) is 5.46. The van der Waals surface area contributed by atoms with Gasteiger partial charge in [0.05, 0.1) is 13.2 Å². The first-order valence-electron chi connectivity index (χ1n) is 6.92. The minimum Gasteiger partial charge on any atom is -0.487 e. The number of nitrogens with one attached hydrogen (secondary N) is 1. The van der Waals surface area contributed by atoms with Gasteiger partial charge in [-0.05, 0) is 32.9 Å². The summed E-state index contributed by atoms with van der Waals surface area (Å²) in [4.78, 5) is 11.8. The standard InChI is InChI=1S/C15H24N2O4/c1-15(2,3)17-14(18)21-13-7-5-4-6-12(13)20-11-10-19-9-8-16/h4-7H,8-11,16H2,1-3H3,(H,17,18). The maximum Gasteiger partial charge on any atom is 0.413 e. The molecule has 0 unspecified atom stereocenters. The van der Waals surface area contributed by atoms with Gasteiger partial charge in [0, 0.05) is 12.1 Å². The van der Waals surface area contributed by atoms with Crippen molar-refractivity contribution in [2.75, 3.05) is 26.4 Å². The van der Waals surface area contributed by atoms with E-state index < -0.39 is 6.09 Å². The molecule has 0 spiro atoms. The van der Waals surface area contributed by atoms with Crippen molar-refractivity contribution in [3.8, 4) is 11.5 Å². The highest BCUT2D eigenvalue weighted by molar-refractivity contribution is 5.72. The van der Waals surface area contributed by atoms with Crippen molar-refractivity contribution in [3.05, 3.63) is 24.3 Å². The van der Waals surface area contributed by atoms with E-state index in [9.17, 15) is 4.79 Å². The van der Waals surface area contributed by atoms with Gasteiger partial charge in [0.2, 0.25) is 0 Å². The zero-order valence-corrected chi connectivity index (χ0v) is 12.8.